The van der Waals surface area contributed by atoms with Crippen molar-refractivity contribution in [2.24, 2.45) is 11.7 Å². The summed E-state index contributed by atoms with van der Waals surface area (Å²) in [6.45, 7) is 3.29. The average molecular weight is 239 g/mol. The van der Waals surface area contributed by atoms with Crippen LogP contribution in [0.4, 0.5) is 0 Å². The Morgan fingerprint density at radius 2 is 2.06 bits per heavy atom. The van der Waals surface area contributed by atoms with Crippen molar-refractivity contribution in [1.29, 1.82) is 0 Å². The second kappa shape index (κ2) is 6.19. The van der Waals surface area contributed by atoms with Gasteiger partial charge in [-0.3, -0.25) is 0 Å². The van der Waals surface area contributed by atoms with Gasteiger partial charge in [0.1, 0.15) is 0 Å². The molecule has 0 aromatic carbocycles. The van der Waals surface area contributed by atoms with Crippen LogP contribution in [0.2, 0.25) is 0 Å². The van der Waals surface area contributed by atoms with Gasteiger partial charge in [0.05, 0.1) is 6.10 Å². The molecule has 3 atom stereocenters. The fourth-order valence-corrected chi connectivity index (χ4v) is 3.48. The molecule has 0 radical (unpaired) electrons. The number of rotatable bonds is 4. The van der Waals surface area contributed by atoms with Gasteiger partial charge in [0.15, 0.2) is 0 Å². The molecular weight excluding hydrogens is 210 g/mol. The van der Waals surface area contributed by atoms with Crippen LogP contribution in [-0.2, 0) is 4.74 Å². The highest BCUT2D eigenvalue weighted by Gasteiger charge is 2.30. The van der Waals surface area contributed by atoms with Crippen molar-refractivity contribution in [3.05, 3.63) is 0 Å². The Balaban J connectivity index is 1.76. The highest BCUT2D eigenvalue weighted by Crippen LogP contribution is 2.34. The van der Waals surface area contributed by atoms with Gasteiger partial charge in [-0.25, -0.2) is 0 Å². The van der Waals surface area contributed by atoms with Crippen molar-refractivity contribution >= 4 is 0 Å². The quantitative estimate of drug-likeness (QED) is 0.760. The molecule has 2 fully saturated rings. The third-order valence-electron chi connectivity index (χ3n) is 4.90. The SMILES string of the molecule is CCC1CCCC(N)(CCC2CCCO2)CC1. The molecular formula is C15H29NO. The van der Waals surface area contributed by atoms with Crippen LogP contribution in [0.1, 0.15) is 71.1 Å². The Hall–Kier alpha value is -0.0800. The number of hydrogen-bond donors (Lipinski definition) is 1. The molecule has 0 aromatic rings. The zero-order valence-electron chi connectivity index (χ0n) is 11.4. The minimum Gasteiger partial charge on any atom is -0.378 e. The zero-order valence-corrected chi connectivity index (χ0v) is 11.4. The Morgan fingerprint density at radius 3 is 2.76 bits per heavy atom. The summed E-state index contributed by atoms with van der Waals surface area (Å²) in [5.41, 5.74) is 6.72. The molecule has 3 unspecified atom stereocenters. The summed E-state index contributed by atoms with van der Waals surface area (Å²) in [4.78, 5) is 0. The molecule has 1 aliphatic heterocycles. The van der Waals surface area contributed by atoms with Crippen LogP contribution in [-0.4, -0.2) is 18.2 Å². The third kappa shape index (κ3) is 3.96. The van der Waals surface area contributed by atoms with Crippen molar-refractivity contribution in [2.75, 3.05) is 6.61 Å². The Morgan fingerprint density at radius 1 is 1.18 bits per heavy atom. The van der Waals surface area contributed by atoms with Gasteiger partial charge in [-0.1, -0.05) is 26.2 Å². The van der Waals surface area contributed by atoms with Crippen LogP contribution in [0.25, 0.3) is 0 Å². The average Bonchev–Trinajstić information content (AvgIpc) is 2.77. The normalized spacial score (nSPS) is 39.2. The van der Waals surface area contributed by atoms with Gasteiger partial charge in [-0.2, -0.15) is 0 Å². The lowest BCUT2D eigenvalue weighted by Gasteiger charge is -2.29. The molecule has 1 heterocycles. The third-order valence-corrected chi connectivity index (χ3v) is 4.90. The van der Waals surface area contributed by atoms with Gasteiger partial charge in [-0.05, 0) is 50.9 Å². The van der Waals surface area contributed by atoms with E-state index in [1.807, 2.05) is 0 Å². The highest BCUT2D eigenvalue weighted by atomic mass is 16.5. The maximum absolute atomic E-state index is 6.60. The largest absolute Gasteiger partial charge is 0.378 e. The topological polar surface area (TPSA) is 35.2 Å². The minimum atomic E-state index is 0.121. The number of hydrogen-bond acceptors (Lipinski definition) is 2. The lowest BCUT2D eigenvalue weighted by molar-refractivity contribution is 0.0944. The van der Waals surface area contributed by atoms with Gasteiger partial charge in [-0.15, -0.1) is 0 Å². The van der Waals surface area contributed by atoms with Crippen LogP contribution >= 0.6 is 0 Å². The smallest absolute Gasteiger partial charge is 0.0576 e. The van der Waals surface area contributed by atoms with Gasteiger partial charge >= 0.3 is 0 Å². The summed E-state index contributed by atoms with van der Waals surface area (Å²) in [5.74, 6) is 0.933. The molecule has 100 valence electrons. The van der Waals surface area contributed by atoms with Crippen molar-refractivity contribution in [1.82, 2.24) is 0 Å². The summed E-state index contributed by atoms with van der Waals surface area (Å²) >= 11 is 0. The molecule has 0 amide bonds. The molecule has 2 rings (SSSR count). The van der Waals surface area contributed by atoms with Crippen LogP contribution < -0.4 is 5.73 Å². The van der Waals surface area contributed by atoms with E-state index in [2.05, 4.69) is 6.92 Å². The molecule has 1 saturated heterocycles. The molecule has 1 saturated carbocycles. The van der Waals surface area contributed by atoms with E-state index in [0.29, 0.717) is 6.10 Å². The minimum absolute atomic E-state index is 0.121. The molecule has 2 N–H and O–H groups in total. The molecule has 0 bridgehead atoms. The summed E-state index contributed by atoms with van der Waals surface area (Å²) in [6.07, 6.45) is 13.3. The Bertz CT molecular complexity index is 225. The van der Waals surface area contributed by atoms with Crippen LogP contribution in [0.15, 0.2) is 0 Å². The van der Waals surface area contributed by atoms with E-state index >= 15 is 0 Å². The summed E-state index contributed by atoms with van der Waals surface area (Å²) in [6, 6.07) is 0. The van der Waals surface area contributed by atoms with E-state index in [1.54, 1.807) is 0 Å². The molecule has 2 heteroatoms. The van der Waals surface area contributed by atoms with Gasteiger partial charge in [0.2, 0.25) is 0 Å². The molecule has 0 aromatic heterocycles. The maximum Gasteiger partial charge on any atom is 0.0576 e. The first-order chi connectivity index (χ1) is 8.22. The summed E-state index contributed by atoms with van der Waals surface area (Å²) in [7, 11) is 0. The first-order valence-electron chi connectivity index (χ1n) is 7.62. The lowest BCUT2D eigenvalue weighted by atomic mass is 9.85. The fourth-order valence-electron chi connectivity index (χ4n) is 3.48. The second-order valence-corrected chi connectivity index (χ2v) is 6.24. The van der Waals surface area contributed by atoms with Crippen molar-refractivity contribution in [3.63, 3.8) is 0 Å². The van der Waals surface area contributed by atoms with Crippen molar-refractivity contribution < 1.29 is 4.74 Å². The molecule has 0 spiro atoms. The number of ether oxygens (including phenoxy) is 1. The predicted molar refractivity (Wildman–Crippen MR) is 72.0 cm³/mol. The predicted octanol–water partition coefficient (Wildman–Crippen LogP) is 3.63. The fraction of sp³-hybridized carbons (Fsp3) is 1.00. The van der Waals surface area contributed by atoms with Gasteiger partial charge in [0, 0.05) is 12.1 Å². The molecule has 2 nitrogen and oxygen atoms in total. The molecule has 17 heavy (non-hydrogen) atoms. The molecule has 2 aliphatic rings. The van der Waals surface area contributed by atoms with Crippen molar-refractivity contribution in [2.45, 2.75) is 82.8 Å². The van der Waals surface area contributed by atoms with E-state index < -0.39 is 0 Å². The zero-order chi connectivity index (χ0) is 12.1. The van der Waals surface area contributed by atoms with E-state index in [-0.39, 0.29) is 5.54 Å². The summed E-state index contributed by atoms with van der Waals surface area (Å²) < 4.78 is 5.71. The Labute approximate surface area is 106 Å². The summed E-state index contributed by atoms with van der Waals surface area (Å²) in [5, 5.41) is 0. The first kappa shape index (κ1) is 13.4. The van der Waals surface area contributed by atoms with Crippen molar-refractivity contribution in [3.8, 4) is 0 Å². The standard InChI is InChI=1S/C15H29NO/c1-2-13-5-3-9-15(16,10-7-13)11-8-14-6-4-12-17-14/h13-14H,2-12,16H2,1H3. The highest BCUT2D eigenvalue weighted by molar-refractivity contribution is 4.88. The van der Waals surface area contributed by atoms with Crippen LogP contribution in [0.5, 0.6) is 0 Å². The lowest BCUT2D eigenvalue weighted by Crippen LogP contribution is -2.40. The first-order valence-corrected chi connectivity index (χ1v) is 7.62. The van der Waals surface area contributed by atoms with Crippen LogP contribution in [0, 0.1) is 5.92 Å². The van der Waals surface area contributed by atoms with E-state index in [0.717, 1.165) is 12.5 Å². The van der Waals surface area contributed by atoms with E-state index in [9.17, 15) is 0 Å². The van der Waals surface area contributed by atoms with E-state index in [4.69, 9.17) is 10.5 Å². The van der Waals surface area contributed by atoms with Crippen LogP contribution in [0.3, 0.4) is 0 Å². The van der Waals surface area contributed by atoms with Gasteiger partial charge in [0.25, 0.3) is 0 Å². The number of nitrogens with two attached hydrogens (primary N) is 1. The second-order valence-electron chi connectivity index (χ2n) is 6.24. The Kier molecular flexibility index (Phi) is 4.87. The maximum atomic E-state index is 6.60. The van der Waals surface area contributed by atoms with Gasteiger partial charge < -0.3 is 10.5 Å². The van der Waals surface area contributed by atoms with E-state index in [1.165, 1.54) is 64.2 Å². The molecule has 1 aliphatic carbocycles. The monoisotopic (exact) mass is 239 g/mol.